The third-order valence-corrected chi connectivity index (χ3v) is 3.41. The smallest absolute Gasteiger partial charge is 0.137 e. The van der Waals surface area contributed by atoms with Gasteiger partial charge in [0, 0.05) is 0 Å². The highest BCUT2D eigenvalue weighted by molar-refractivity contribution is 5.66. The van der Waals surface area contributed by atoms with Crippen molar-refractivity contribution in [1.82, 2.24) is 14.8 Å². The molecule has 4 heteroatoms. The lowest BCUT2D eigenvalue weighted by Crippen LogP contribution is -2.02. The number of rotatable bonds is 3. The Balaban J connectivity index is 2.00. The zero-order valence-corrected chi connectivity index (χ0v) is 11.7. The molecule has 1 heterocycles. The lowest BCUT2D eigenvalue weighted by molar-refractivity contribution is 0.684. The SMILES string of the molecule is Cc1ccc(-c2ccc(C#N)c(Cn3cncn3)c2)cc1. The van der Waals surface area contributed by atoms with Gasteiger partial charge < -0.3 is 0 Å². The minimum absolute atomic E-state index is 0.544. The fourth-order valence-corrected chi connectivity index (χ4v) is 2.25. The molecule has 0 spiro atoms. The van der Waals surface area contributed by atoms with Crippen LogP contribution in [0.3, 0.4) is 0 Å². The van der Waals surface area contributed by atoms with Gasteiger partial charge in [0.1, 0.15) is 12.7 Å². The van der Waals surface area contributed by atoms with E-state index in [2.05, 4.69) is 47.3 Å². The predicted octanol–water partition coefficient (Wildman–Crippen LogP) is 3.17. The van der Waals surface area contributed by atoms with Crippen LogP contribution in [0, 0.1) is 18.3 Å². The van der Waals surface area contributed by atoms with Crippen molar-refractivity contribution in [3.05, 3.63) is 71.8 Å². The van der Waals surface area contributed by atoms with Crippen molar-refractivity contribution in [2.75, 3.05) is 0 Å². The summed E-state index contributed by atoms with van der Waals surface area (Å²) in [6, 6.07) is 16.5. The molecule has 102 valence electrons. The molecule has 0 aliphatic carbocycles. The fourth-order valence-electron chi connectivity index (χ4n) is 2.25. The topological polar surface area (TPSA) is 54.5 Å². The number of nitriles is 1. The molecule has 4 nitrogen and oxygen atoms in total. The summed E-state index contributed by atoms with van der Waals surface area (Å²) in [6.45, 7) is 2.61. The van der Waals surface area contributed by atoms with Crippen LogP contribution in [0.15, 0.2) is 55.1 Å². The first-order valence-corrected chi connectivity index (χ1v) is 6.69. The van der Waals surface area contributed by atoms with Crippen LogP contribution in [0.25, 0.3) is 11.1 Å². The van der Waals surface area contributed by atoms with E-state index in [1.165, 1.54) is 11.9 Å². The Bertz CT molecular complexity index is 781. The third-order valence-electron chi connectivity index (χ3n) is 3.41. The summed E-state index contributed by atoms with van der Waals surface area (Å²) in [5.41, 5.74) is 5.09. The Labute approximate surface area is 123 Å². The maximum Gasteiger partial charge on any atom is 0.137 e. The van der Waals surface area contributed by atoms with Crippen LogP contribution < -0.4 is 0 Å². The second kappa shape index (κ2) is 5.59. The minimum Gasteiger partial charge on any atom is -0.249 e. The van der Waals surface area contributed by atoms with Crippen LogP contribution in [0.1, 0.15) is 16.7 Å². The van der Waals surface area contributed by atoms with Crippen LogP contribution in [0.2, 0.25) is 0 Å². The molecule has 0 saturated heterocycles. The Morgan fingerprint density at radius 3 is 2.52 bits per heavy atom. The molecule has 3 aromatic rings. The van der Waals surface area contributed by atoms with Gasteiger partial charge in [-0.05, 0) is 35.7 Å². The summed E-state index contributed by atoms with van der Waals surface area (Å²) in [4.78, 5) is 3.93. The molecule has 0 saturated carbocycles. The van der Waals surface area contributed by atoms with Crippen LogP contribution in [-0.2, 0) is 6.54 Å². The van der Waals surface area contributed by atoms with Gasteiger partial charge in [0.15, 0.2) is 0 Å². The van der Waals surface area contributed by atoms with E-state index in [0.717, 1.165) is 16.7 Å². The average Bonchev–Trinajstić information content (AvgIpc) is 3.01. The first-order valence-electron chi connectivity index (χ1n) is 6.69. The van der Waals surface area contributed by atoms with E-state index in [4.69, 9.17) is 0 Å². The van der Waals surface area contributed by atoms with Crippen molar-refractivity contribution in [3.63, 3.8) is 0 Å². The summed E-state index contributed by atoms with van der Waals surface area (Å²) in [7, 11) is 0. The molecule has 0 amide bonds. The zero-order valence-electron chi connectivity index (χ0n) is 11.7. The number of aromatic nitrogens is 3. The number of hydrogen-bond acceptors (Lipinski definition) is 3. The second-order valence-electron chi connectivity index (χ2n) is 4.94. The van der Waals surface area contributed by atoms with E-state index in [9.17, 15) is 5.26 Å². The van der Waals surface area contributed by atoms with Gasteiger partial charge in [-0.15, -0.1) is 0 Å². The molecule has 0 aliphatic heterocycles. The average molecular weight is 274 g/mol. The molecule has 0 unspecified atom stereocenters. The van der Waals surface area contributed by atoms with Crippen molar-refractivity contribution >= 4 is 0 Å². The van der Waals surface area contributed by atoms with Crippen LogP contribution >= 0.6 is 0 Å². The highest BCUT2D eigenvalue weighted by Crippen LogP contribution is 2.23. The summed E-state index contributed by atoms with van der Waals surface area (Å²) >= 11 is 0. The molecule has 0 radical (unpaired) electrons. The van der Waals surface area contributed by atoms with Gasteiger partial charge in [0.05, 0.1) is 18.2 Å². The highest BCUT2D eigenvalue weighted by atomic mass is 15.3. The van der Waals surface area contributed by atoms with E-state index < -0.39 is 0 Å². The lowest BCUT2D eigenvalue weighted by Gasteiger charge is -2.08. The first kappa shape index (κ1) is 13.1. The molecule has 1 aromatic heterocycles. The van der Waals surface area contributed by atoms with Gasteiger partial charge in [-0.3, -0.25) is 0 Å². The molecular formula is C17H14N4. The van der Waals surface area contributed by atoms with Gasteiger partial charge in [0.25, 0.3) is 0 Å². The molecule has 0 bridgehead atoms. The van der Waals surface area contributed by atoms with Gasteiger partial charge in [-0.1, -0.05) is 35.9 Å². The number of aryl methyl sites for hydroxylation is 1. The van der Waals surface area contributed by atoms with Crippen molar-refractivity contribution in [3.8, 4) is 17.2 Å². The summed E-state index contributed by atoms with van der Waals surface area (Å²) < 4.78 is 1.72. The standard InChI is InChI=1S/C17H14N4/c1-13-2-4-14(5-3-13)15-6-7-16(9-18)17(8-15)10-21-12-19-11-20-21/h2-8,11-12H,10H2,1H3. The van der Waals surface area contributed by atoms with Crippen LogP contribution in [0.5, 0.6) is 0 Å². The maximum absolute atomic E-state index is 9.25. The Hall–Kier alpha value is -2.93. The van der Waals surface area contributed by atoms with Gasteiger partial charge in [-0.25, -0.2) is 9.67 Å². The summed E-state index contributed by atoms with van der Waals surface area (Å²) in [5.74, 6) is 0. The van der Waals surface area contributed by atoms with Crippen molar-refractivity contribution in [1.29, 1.82) is 5.26 Å². The summed E-state index contributed by atoms with van der Waals surface area (Å²) in [5, 5.41) is 13.3. The van der Waals surface area contributed by atoms with Crippen molar-refractivity contribution < 1.29 is 0 Å². The number of benzene rings is 2. The number of nitrogens with zero attached hydrogens (tertiary/aromatic N) is 4. The third kappa shape index (κ3) is 2.82. The molecule has 0 atom stereocenters. The van der Waals surface area contributed by atoms with E-state index >= 15 is 0 Å². The Kier molecular flexibility index (Phi) is 3.48. The quantitative estimate of drug-likeness (QED) is 0.737. The normalized spacial score (nSPS) is 10.3. The van der Waals surface area contributed by atoms with E-state index in [1.54, 1.807) is 11.0 Å². The molecule has 2 aromatic carbocycles. The first-order chi connectivity index (χ1) is 10.3. The largest absolute Gasteiger partial charge is 0.249 e. The molecular weight excluding hydrogens is 260 g/mol. The highest BCUT2D eigenvalue weighted by Gasteiger charge is 2.06. The zero-order chi connectivity index (χ0) is 14.7. The van der Waals surface area contributed by atoms with E-state index in [1.807, 2.05) is 18.2 Å². The molecule has 0 N–H and O–H groups in total. The second-order valence-corrected chi connectivity index (χ2v) is 4.94. The van der Waals surface area contributed by atoms with Gasteiger partial charge in [-0.2, -0.15) is 10.4 Å². The van der Waals surface area contributed by atoms with Crippen LogP contribution in [0.4, 0.5) is 0 Å². The Morgan fingerprint density at radius 2 is 1.86 bits per heavy atom. The molecule has 21 heavy (non-hydrogen) atoms. The number of hydrogen-bond donors (Lipinski definition) is 0. The summed E-state index contributed by atoms with van der Waals surface area (Å²) in [6.07, 6.45) is 3.15. The van der Waals surface area contributed by atoms with Gasteiger partial charge >= 0.3 is 0 Å². The fraction of sp³-hybridized carbons (Fsp3) is 0.118. The Morgan fingerprint density at radius 1 is 1.10 bits per heavy atom. The van der Waals surface area contributed by atoms with E-state index in [-0.39, 0.29) is 0 Å². The van der Waals surface area contributed by atoms with Gasteiger partial charge in [0.2, 0.25) is 0 Å². The molecule has 0 fully saturated rings. The lowest BCUT2D eigenvalue weighted by atomic mass is 9.99. The minimum atomic E-state index is 0.544. The predicted molar refractivity (Wildman–Crippen MR) is 80.5 cm³/mol. The molecule has 3 rings (SSSR count). The van der Waals surface area contributed by atoms with Crippen molar-refractivity contribution in [2.45, 2.75) is 13.5 Å². The van der Waals surface area contributed by atoms with E-state index in [0.29, 0.717) is 12.1 Å². The van der Waals surface area contributed by atoms with Crippen LogP contribution in [-0.4, -0.2) is 14.8 Å². The monoisotopic (exact) mass is 274 g/mol. The maximum atomic E-state index is 9.25. The van der Waals surface area contributed by atoms with Crippen molar-refractivity contribution in [2.24, 2.45) is 0 Å². The molecule has 0 aliphatic rings.